The van der Waals surface area contributed by atoms with Gasteiger partial charge in [0, 0.05) is 24.4 Å². The highest BCUT2D eigenvalue weighted by Gasteiger charge is 2.37. The number of nitriles is 1. The molecule has 0 N–H and O–H groups in total. The van der Waals surface area contributed by atoms with E-state index in [-0.39, 0.29) is 21.1 Å². The Labute approximate surface area is 215 Å². The average Bonchev–Trinajstić information content (AvgIpc) is 3.12. The monoisotopic (exact) mass is 497 g/mol. The zero-order valence-corrected chi connectivity index (χ0v) is 21.6. The van der Waals surface area contributed by atoms with Crippen molar-refractivity contribution in [1.29, 1.82) is 5.26 Å². The van der Waals surface area contributed by atoms with E-state index in [4.69, 9.17) is 6.57 Å². The van der Waals surface area contributed by atoms with Gasteiger partial charge in [0.1, 0.15) is 0 Å². The quantitative estimate of drug-likeness (QED) is 0.198. The fourth-order valence-electron chi connectivity index (χ4n) is 4.09. The second kappa shape index (κ2) is 12.7. The lowest BCUT2D eigenvalue weighted by Crippen LogP contribution is -2.25. The number of hydrogen-bond acceptors (Lipinski definition) is 4. The maximum Gasteiger partial charge on any atom is 0.270 e. The molecule has 0 unspecified atom stereocenters. The standard InChI is InChI=1S/C30H31N3O2S/c1-4-6-21-33(22-7-5-2)25-19-17-24(18-20-25)13-9-8-10-16-29-30(27(23-31)32-3)26-14-11-12-15-28(26)36(29,34)35/h8-20H,4-7,21-22H2,1-2H3/b10-8+,13-9+,29-16-,30-27-. The molecule has 184 valence electrons. The SMILES string of the molecule is [C-]#[N+]\C(C#N)=C1/C(=C/C=C/C=C/c2ccc(N(CCCC)CCCC)cc2)S(=O)(=O)c2ccccc21. The number of allylic oxidation sites excluding steroid dienone is 6. The molecule has 0 bridgehead atoms. The van der Waals surface area contributed by atoms with E-state index < -0.39 is 9.84 Å². The number of sulfone groups is 1. The van der Waals surface area contributed by atoms with Gasteiger partial charge in [-0.2, -0.15) is 0 Å². The van der Waals surface area contributed by atoms with Gasteiger partial charge in [0.15, 0.2) is 0 Å². The van der Waals surface area contributed by atoms with Gasteiger partial charge in [-0.1, -0.05) is 81.3 Å². The molecule has 0 amide bonds. The first-order chi connectivity index (χ1) is 17.5. The van der Waals surface area contributed by atoms with Crippen molar-refractivity contribution in [1.82, 2.24) is 0 Å². The van der Waals surface area contributed by atoms with E-state index in [0.717, 1.165) is 18.7 Å². The van der Waals surface area contributed by atoms with Gasteiger partial charge in [0.2, 0.25) is 9.84 Å². The number of nitrogens with zero attached hydrogens (tertiary/aromatic N) is 3. The highest BCUT2D eigenvalue weighted by atomic mass is 32.2. The molecule has 36 heavy (non-hydrogen) atoms. The summed E-state index contributed by atoms with van der Waals surface area (Å²) in [6, 6.07) is 16.8. The van der Waals surface area contributed by atoms with Gasteiger partial charge in [-0.05, 0) is 48.2 Å². The second-order valence-electron chi connectivity index (χ2n) is 8.51. The Morgan fingerprint density at radius 1 is 1.00 bits per heavy atom. The first kappa shape index (κ1) is 26.7. The number of hydrogen-bond donors (Lipinski definition) is 0. The zero-order chi connectivity index (χ0) is 26.0. The number of rotatable bonds is 10. The molecule has 0 spiro atoms. The Morgan fingerprint density at radius 2 is 1.67 bits per heavy atom. The molecule has 2 aromatic rings. The van der Waals surface area contributed by atoms with E-state index in [0.29, 0.717) is 5.56 Å². The maximum absolute atomic E-state index is 13.1. The van der Waals surface area contributed by atoms with Gasteiger partial charge >= 0.3 is 0 Å². The van der Waals surface area contributed by atoms with Crippen LogP contribution in [0.2, 0.25) is 0 Å². The molecule has 0 fully saturated rings. The van der Waals surface area contributed by atoms with E-state index in [2.05, 4.69) is 47.9 Å². The summed E-state index contributed by atoms with van der Waals surface area (Å²) in [6.45, 7) is 13.9. The molecule has 0 saturated heterocycles. The van der Waals surface area contributed by atoms with Crippen molar-refractivity contribution in [3.63, 3.8) is 0 Å². The predicted molar refractivity (Wildman–Crippen MR) is 147 cm³/mol. The minimum atomic E-state index is -3.80. The Bertz CT molecular complexity index is 1360. The van der Waals surface area contributed by atoms with E-state index in [1.165, 1.54) is 43.5 Å². The highest BCUT2D eigenvalue weighted by molar-refractivity contribution is 7.96. The molecule has 3 rings (SSSR count). The van der Waals surface area contributed by atoms with Crippen LogP contribution in [0.1, 0.15) is 50.7 Å². The van der Waals surface area contributed by atoms with Gasteiger partial charge in [-0.25, -0.2) is 18.5 Å². The first-order valence-electron chi connectivity index (χ1n) is 12.2. The van der Waals surface area contributed by atoms with Crippen molar-refractivity contribution in [2.24, 2.45) is 0 Å². The van der Waals surface area contributed by atoms with Crippen molar-refractivity contribution in [2.75, 3.05) is 18.0 Å². The second-order valence-corrected chi connectivity index (χ2v) is 10.4. The molecule has 0 aliphatic carbocycles. The van der Waals surface area contributed by atoms with Crippen LogP contribution < -0.4 is 4.90 Å². The molecular weight excluding hydrogens is 466 g/mol. The van der Waals surface area contributed by atoms with Gasteiger partial charge in [-0.3, -0.25) is 0 Å². The molecule has 0 radical (unpaired) electrons. The third kappa shape index (κ3) is 6.03. The smallest absolute Gasteiger partial charge is 0.270 e. The number of anilines is 1. The van der Waals surface area contributed by atoms with Crippen LogP contribution in [0.4, 0.5) is 5.69 Å². The van der Waals surface area contributed by atoms with E-state index in [1.807, 2.05) is 18.2 Å². The fraction of sp³-hybridized carbons (Fsp3) is 0.267. The van der Waals surface area contributed by atoms with E-state index in [1.54, 1.807) is 30.4 Å². The van der Waals surface area contributed by atoms with Crippen molar-refractivity contribution in [3.05, 3.63) is 106 Å². The molecule has 0 aromatic heterocycles. The number of benzene rings is 2. The summed E-state index contributed by atoms with van der Waals surface area (Å²) in [7, 11) is -3.80. The number of unbranched alkanes of at least 4 members (excludes halogenated alkanes) is 2. The van der Waals surface area contributed by atoms with Crippen LogP contribution in [0.25, 0.3) is 16.5 Å². The Hall–Kier alpha value is -3.87. The molecule has 1 aliphatic rings. The molecule has 6 heteroatoms. The number of fused-ring (bicyclic) bond motifs is 1. The molecule has 0 saturated carbocycles. The molecule has 0 atom stereocenters. The molecule has 5 nitrogen and oxygen atoms in total. The van der Waals surface area contributed by atoms with Crippen LogP contribution in [0.5, 0.6) is 0 Å². The summed E-state index contributed by atoms with van der Waals surface area (Å²) in [4.78, 5) is 5.80. The lowest BCUT2D eigenvalue weighted by molar-refractivity contribution is 0.604. The van der Waals surface area contributed by atoms with Crippen molar-refractivity contribution in [3.8, 4) is 6.07 Å². The lowest BCUT2D eigenvalue weighted by atomic mass is 10.0. The first-order valence-corrected chi connectivity index (χ1v) is 13.7. The molecule has 1 heterocycles. The van der Waals surface area contributed by atoms with E-state index in [9.17, 15) is 13.7 Å². The van der Waals surface area contributed by atoms with Gasteiger partial charge in [-0.15, -0.1) is 0 Å². The minimum Gasteiger partial charge on any atom is -0.372 e. The van der Waals surface area contributed by atoms with Gasteiger partial charge in [0.25, 0.3) is 5.70 Å². The average molecular weight is 498 g/mol. The largest absolute Gasteiger partial charge is 0.372 e. The van der Waals surface area contributed by atoms with Crippen LogP contribution in [-0.4, -0.2) is 21.5 Å². The summed E-state index contributed by atoms with van der Waals surface area (Å²) in [5.74, 6) is 0. The van der Waals surface area contributed by atoms with Crippen LogP contribution in [0.3, 0.4) is 0 Å². The Balaban J connectivity index is 1.79. The van der Waals surface area contributed by atoms with Crippen molar-refractivity contribution in [2.45, 2.75) is 44.4 Å². The van der Waals surface area contributed by atoms with E-state index >= 15 is 0 Å². The minimum absolute atomic E-state index is 0.0236. The molecule has 2 aromatic carbocycles. The molecular formula is C30H31N3O2S. The third-order valence-corrected chi connectivity index (χ3v) is 7.87. The van der Waals surface area contributed by atoms with Crippen LogP contribution in [0.15, 0.2) is 88.3 Å². The third-order valence-electron chi connectivity index (χ3n) is 6.02. The predicted octanol–water partition coefficient (Wildman–Crippen LogP) is 7.19. The Kier molecular flexibility index (Phi) is 9.45. The summed E-state index contributed by atoms with van der Waals surface area (Å²) < 4.78 is 26.1. The maximum atomic E-state index is 13.1. The van der Waals surface area contributed by atoms with Crippen LogP contribution >= 0.6 is 0 Å². The van der Waals surface area contributed by atoms with Crippen molar-refractivity contribution >= 4 is 27.2 Å². The van der Waals surface area contributed by atoms with Crippen LogP contribution in [0, 0.1) is 17.9 Å². The zero-order valence-electron chi connectivity index (χ0n) is 20.8. The highest BCUT2D eigenvalue weighted by Crippen LogP contribution is 2.44. The topological polar surface area (TPSA) is 65.5 Å². The normalized spacial score (nSPS) is 16.7. The van der Waals surface area contributed by atoms with Crippen molar-refractivity contribution < 1.29 is 8.42 Å². The fourth-order valence-corrected chi connectivity index (χ4v) is 5.77. The van der Waals surface area contributed by atoms with Gasteiger partial charge < -0.3 is 4.90 Å². The summed E-state index contributed by atoms with van der Waals surface area (Å²) in [6.07, 6.45) is 13.3. The molecule has 1 aliphatic heterocycles. The Morgan fingerprint density at radius 3 is 2.28 bits per heavy atom. The summed E-state index contributed by atoms with van der Waals surface area (Å²) >= 11 is 0. The summed E-state index contributed by atoms with van der Waals surface area (Å²) in [5.41, 5.74) is 2.61. The lowest BCUT2D eigenvalue weighted by Gasteiger charge is -2.24. The van der Waals surface area contributed by atoms with Gasteiger partial charge in [0.05, 0.1) is 22.4 Å². The summed E-state index contributed by atoms with van der Waals surface area (Å²) in [5, 5.41) is 9.40. The van der Waals surface area contributed by atoms with Crippen LogP contribution in [-0.2, 0) is 9.84 Å².